The van der Waals surface area contributed by atoms with E-state index in [-0.39, 0.29) is 10.9 Å². The number of methoxy groups -OCH3 is 1. The Morgan fingerprint density at radius 2 is 2.31 bits per heavy atom. The number of H-pyrrole nitrogens is 1. The summed E-state index contributed by atoms with van der Waals surface area (Å²) >= 11 is 0. The van der Waals surface area contributed by atoms with Gasteiger partial charge in [-0.2, -0.15) is 0 Å². The molecule has 0 saturated carbocycles. The van der Waals surface area contributed by atoms with Gasteiger partial charge in [-0.1, -0.05) is 0 Å². The fourth-order valence-corrected chi connectivity index (χ4v) is 2.01. The van der Waals surface area contributed by atoms with E-state index in [2.05, 4.69) is 4.98 Å². The lowest BCUT2D eigenvalue weighted by Gasteiger charge is -2.06. The number of nitrogens with one attached hydrogen (secondary N) is 1. The number of aromatic nitrogens is 1. The third-order valence-electron chi connectivity index (χ3n) is 2.72. The molecule has 1 aliphatic rings. The predicted octanol–water partition coefficient (Wildman–Crippen LogP) is 2.12. The first-order valence-corrected chi connectivity index (χ1v) is 4.75. The zero-order chi connectivity index (χ0) is 11.3. The minimum atomic E-state index is -0.735. The van der Waals surface area contributed by atoms with Crippen LogP contribution in [0.3, 0.4) is 0 Å². The first-order chi connectivity index (χ1) is 7.72. The Hall–Kier alpha value is -1.88. The standard InChI is InChI=1S/C11H8FNO3/c1-15-11-5-2-3-7-9(6(12)4-13-7)8(5)10(14)16-11/h2-4,11,13H,1H3. The molecule has 16 heavy (non-hydrogen) atoms. The van der Waals surface area contributed by atoms with Gasteiger partial charge in [-0.15, -0.1) is 0 Å². The van der Waals surface area contributed by atoms with Gasteiger partial charge in [0.15, 0.2) is 0 Å². The molecule has 0 saturated heterocycles. The van der Waals surface area contributed by atoms with E-state index in [0.717, 1.165) is 0 Å². The molecule has 82 valence electrons. The van der Waals surface area contributed by atoms with Crippen molar-refractivity contribution in [2.45, 2.75) is 6.29 Å². The molecule has 3 rings (SSSR count). The second-order valence-corrected chi connectivity index (χ2v) is 3.56. The molecule has 0 fully saturated rings. The molecule has 4 nitrogen and oxygen atoms in total. The van der Waals surface area contributed by atoms with Crippen LogP contribution in [0.2, 0.25) is 0 Å². The number of cyclic esters (lactones) is 1. The Bertz CT molecular complexity index is 590. The number of esters is 1. The molecule has 5 heteroatoms. The summed E-state index contributed by atoms with van der Waals surface area (Å²) < 4.78 is 23.5. The Balaban J connectivity index is 2.38. The number of fused-ring (bicyclic) bond motifs is 3. The van der Waals surface area contributed by atoms with Crippen LogP contribution in [0.4, 0.5) is 4.39 Å². The van der Waals surface area contributed by atoms with Gasteiger partial charge in [-0.25, -0.2) is 9.18 Å². The first-order valence-electron chi connectivity index (χ1n) is 4.75. The highest BCUT2D eigenvalue weighted by atomic mass is 19.1. The average Bonchev–Trinajstić information content (AvgIpc) is 2.81. The van der Waals surface area contributed by atoms with E-state index in [4.69, 9.17) is 9.47 Å². The van der Waals surface area contributed by atoms with Crippen molar-refractivity contribution in [3.63, 3.8) is 0 Å². The predicted molar refractivity (Wildman–Crippen MR) is 53.4 cm³/mol. The van der Waals surface area contributed by atoms with Crippen molar-refractivity contribution in [2.24, 2.45) is 0 Å². The summed E-state index contributed by atoms with van der Waals surface area (Å²) in [4.78, 5) is 14.4. The van der Waals surface area contributed by atoms with Crippen molar-refractivity contribution in [1.82, 2.24) is 4.98 Å². The molecule has 0 amide bonds. The second kappa shape index (κ2) is 3.05. The van der Waals surface area contributed by atoms with Crippen molar-refractivity contribution < 1.29 is 18.7 Å². The third-order valence-corrected chi connectivity index (χ3v) is 2.72. The molecule has 2 heterocycles. The van der Waals surface area contributed by atoms with E-state index in [1.807, 2.05) is 0 Å². The molecule has 0 bridgehead atoms. The molecule has 1 aromatic carbocycles. The summed E-state index contributed by atoms with van der Waals surface area (Å²) in [7, 11) is 1.44. The van der Waals surface area contributed by atoms with Crippen LogP contribution >= 0.6 is 0 Å². The summed E-state index contributed by atoms with van der Waals surface area (Å²) in [5.41, 5.74) is 1.39. The number of hydrogen-bond acceptors (Lipinski definition) is 3. The van der Waals surface area contributed by atoms with Gasteiger partial charge in [0.25, 0.3) is 0 Å². The fourth-order valence-electron chi connectivity index (χ4n) is 2.01. The zero-order valence-corrected chi connectivity index (χ0v) is 8.41. The molecular weight excluding hydrogens is 213 g/mol. The van der Waals surface area contributed by atoms with Gasteiger partial charge in [0.2, 0.25) is 6.29 Å². The van der Waals surface area contributed by atoms with E-state index in [0.29, 0.717) is 11.1 Å². The molecule has 0 radical (unpaired) electrons. The summed E-state index contributed by atoms with van der Waals surface area (Å²) in [5, 5.41) is 0.266. The maximum atomic E-state index is 13.5. The number of carbonyl (C=O) groups is 1. The van der Waals surface area contributed by atoms with Gasteiger partial charge in [0.05, 0.1) is 10.9 Å². The molecule has 1 N–H and O–H groups in total. The topological polar surface area (TPSA) is 51.3 Å². The number of hydrogen-bond donors (Lipinski definition) is 1. The number of ether oxygens (including phenoxy) is 2. The van der Waals surface area contributed by atoms with Gasteiger partial charge >= 0.3 is 5.97 Å². The first kappa shape index (κ1) is 9.35. The van der Waals surface area contributed by atoms with Crippen LogP contribution in [0.25, 0.3) is 10.9 Å². The quantitative estimate of drug-likeness (QED) is 0.750. The van der Waals surface area contributed by atoms with Crippen LogP contribution < -0.4 is 0 Å². The molecule has 1 atom stereocenters. The van der Waals surface area contributed by atoms with E-state index in [1.54, 1.807) is 12.1 Å². The molecule has 1 aromatic heterocycles. The number of halogens is 1. The van der Waals surface area contributed by atoms with Crippen LogP contribution in [0, 0.1) is 5.82 Å². The second-order valence-electron chi connectivity index (χ2n) is 3.56. The van der Waals surface area contributed by atoms with Crippen LogP contribution in [0.15, 0.2) is 18.3 Å². The number of rotatable bonds is 1. The SMILES string of the molecule is COC1OC(=O)c2c1ccc1[nH]cc(F)c21. The Kier molecular flexibility index (Phi) is 1.79. The maximum absolute atomic E-state index is 13.5. The van der Waals surface area contributed by atoms with E-state index in [9.17, 15) is 9.18 Å². The van der Waals surface area contributed by atoms with Crippen LogP contribution in [-0.4, -0.2) is 18.1 Å². The van der Waals surface area contributed by atoms with Crippen LogP contribution in [-0.2, 0) is 9.47 Å². The highest BCUT2D eigenvalue weighted by Crippen LogP contribution is 2.36. The molecule has 1 aliphatic heterocycles. The lowest BCUT2D eigenvalue weighted by Crippen LogP contribution is -1.99. The minimum absolute atomic E-state index is 0.253. The minimum Gasteiger partial charge on any atom is -0.428 e. The smallest absolute Gasteiger partial charge is 0.342 e. The molecular formula is C11H8FNO3. The van der Waals surface area contributed by atoms with Crippen LogP contribution in [0.1, 0.15) is 22.2 Å². The highest BCUT2D eigenvalue weighted by Gasteiger charge is 2.34. The summed E-state index contributed by atoms with van der Waals surface area (Å²) in [6.45, 7) is 0. The van der Waals surface area contributed by atoms with Gasteiger partial charge in [-0.3, -0.25) is 0 Å². The Morgan fingerprint density at radius 3 is 3.06 bits per heavy atom. The molecule has 1 unspecified atom stereocenters. The van der Waals surface area contributed by atoms with Crippen molar-refractivity contribution in [2.75, 3.05) is 7.11 Å². The van der Waals surface area contributed by atoms with E-state index in [1.165, 1.54) is 13.3 Å². The monoisotopic (exact) mass is 221 g/mol. The summed E-state index contributed by atoms with van der Waals surface area (Å²) in [6, 6.07) is 3.40. The van der Waals surface area contributed by atoms with Crippen molar-refractivity contribution in [1.29, 1.82) is 0 Å². The van der Waals surface area contributed by atoms with Gasteiger partial charge in [-0.05, 0) is 12.1 Å². The Morgan fingerprint density at radius 1 is 1.50 bits per heavy atom. The Labute approximate surface area is 90.0 Å². The van der Waals surface area contributed by atoms with Crippen molar-refractivity contribution >= 4 is 16.9 Å². The van der Waals surface area contributed by atoms with E-state index >= 15 is 0 Å². The lowest BCUT2D eigenvalue weighted by atomic mass is 10.0. The number of benzene rings is 1. The molecule has 0 aliphatic carbocycles. The van der Waals surface area contributed by atoms with Gasteiger partial charge in [0, 0.05) is 24.4 Å². The van der Waals surface area contributed by atoms with Crippen LogP contribution in [0.5, 0.6) is 0 Å². The summed E-state index contributed by atoms with van der Waals surface area (Å²) in [5.74, 6) is -1.01. The van der Waals surface area contributed by atoms with Crippen molar-refractivity contribution in [3.8, 4) is 0 Å². The van der Waals surface area contributed by atoms with Crippen molar-refractivity contribution in [3.05, 3.63) is 35.3 Å². The molecule has 2 aromatic rings. The zero-order valence-electron chi connectivity index (χ0n) is 8.41. The number of carbonyl (C=O) groups excluding carboxylic acids is 1. The highest BCUT2D eigenvalue weighted by molar-refractivity contribution is 6.07. The normalized spacial score (nSPS) is 18.9. The lowest BCUT2D eigenvalue weighted by molar-refractivity contribution is -0.0815. The van der Waals surface area contributed by atoms with Gasteiger partial charge in [0.1, 0.15) is 5.82 Å². The van der Waals surface area contributed by atoms with Gasteiger partial charge < -0.3 is 14.5 Å². The number of aromatic amines is 1. The van der Waals surface area contributed by atoms with E-state index < -0.39 is 18.1 Å². The summed E-state index contributed by atoms with van der Waals surface area (Å²) in [6.07, 6.45) is 0.486. The molecule has 0 spiro atoms. The maximum Gasteiger partial charge on any atom is 0.342 e. The fraction of sp³-hybridized carbons (Fsp3) is 0.182. The largest absolute Gasteiger partial charge is 0.428 e. The third kappa shape index (κ3) is 1.03. The average molecular weight is 221 g/mol.